The minimum absolute atomic E-state index is 0.0558. The lowest BCUT2D eigenvalue weighted by molar-refractivity contribution is -0.128. The van der Waals surface area contributed by atoms with Crippen LogP contribution in [0, 0.1) is 18.7 Å². The van der Waals surface area contributed by atoms with Crippen LogP contribution >= 0.6 is 0 Å². The van der Waals surface area contributed by atoms with Crippen LogP contribution in [-0.4, -0.2) is 19.1 Å². The average Bonchev–Trinajstić information content (AvgIpc) is 2.41. The van der Waals surface area contributed by atoms with E-state index in [-0.39, 0.29) is 17.6 Å². The Morgan fingerprint density at radius 2 is 2.17 bits per heavy atom. The van der Waals surface area contributed by atoms with Crippen molar-refractivity contribution in [1.82, 2.24) is 5.32 Å². The van der Waals surface area contributed by atoms with Crippen molar-refractivity contribution < 1.29 is 13.9 Å². The summed E-state index contributed by atoms with van der Waals surface area (Å²) in [5.74, 6) is -0.0879. The van der Waals surface area contributed by atoms with Crippen molar-refractivity contribution in [3.63, 3.8) is 0 Å². The smallest absolute Gasteiger partial charge is 0.223 e. The van der Waals surface area contributed by atoms with E-state index >= 15 is 0 Å². The number of nitrogens with one attached hydrogen (secondary N) is 1. The Balaban J connectivity index is 1.86. The highest BCUT2D eigenvalue weighted by Crippen LogP contribution is 2.15. The zero-order chi connectivity index (χ0) is 13.0. The maximum absolute atomic E-state index is 13.1. The second-order valence-electron chi connectivity index (χ2n) is 4.69. The lowest BCUT2D eigenvalue weighted by atomic mass is 9.99. The first-order valence-electron chi connectivity index (χ1n) is 6.27. The number of amides is 1. The first-order chi connectivity index (χ1) is 8.66. The van der Waals surface area contributed by atoms with E-state index in [9.17, 15) is 9.18 Å². The fraction of sp³-hybridized carbons (Fsp3) is 0.500. The van der Waals surface area contributed by atoms with Gasteiger partial charge in [-0.15, -0.1) is 0 Å². The van der Waals surface area contributed by atoms with Gasteiger partial charge in [0, 0.05) is 25.7 Å². The summed E-state index contributed by atoms with van der Waals surface area (Å²) in [6.45, 7) is 3.50. The molecule has 1 amide bonds. The van der Waals surface area contributed by atoms with E-state index in [0.29, 0.717) is 25.3 Å². The number of hydrogen-bond donors (Lipinski definition) is 1. The average molecular weight is 251 g/mol. The molecule has 0 radical (unpaired) electrons. The molecule has 0 aliphatic carbocycles. The normalized spacial score (nSPS) is 16.6. The topological polar surface area (TPSA) is 38.3 Å². The van der Waals surface area contributed by atoms with Crippen molar-refractivity contribution in [1.29, 1.82) is 0 Å². The van der Waals surface area contributed by atoms with Crippen LogP contribution in [0.1, 0.15) is 24.0 Å². The van der Waals surface area contributed by atoms with Crippen LogP contribution in [0.5, 0.6) is 0 Å². The molecule has 1 heterocycles. The molecule has 0 unspecified atom stereocenters. The Morgan fingerprint density at radius 3 is 2.83 bits per heavy atom. The summed E-state index contributed by atoms with van der Waals surface area (Å²) in [7, 11) is 0. The number of carbonyl (C=O) groups excluding carboxylic acids is 1. The van der Waals surface area contributed by atoms with Gasteiger partial charge in [-0.2, -0.15) is 0 Å². The molecule has 3 nitrogen and oxygen atoms in total. The quantitative estimate of drug-likeness (QED) is 0.894. The first kappa shape index (κ1) is 13.0. The van der Waals surface area contributed by atoms with Gasteiger partial charge in [0.2, 0.25) is 5.91 Å². The van der Waals surface area contributed by atoms with Crippen molar-refractivity contribution in [3.05, 3.63) is 35.1 Å². The highest BCUT2D eigenvalue weighted by atomic mass is 19.1. The summed E-state index contributed by atoms with van der Waals surface area (Å²) >= 11 is 0. The maximum Gasteiger partial charge on any atom is 0.223 e. The molecule has 1 aliphatic rings. The minimum atomic E-state index is -0.213. The van der Waals surface area contributed by atoms with Gasteiger partial charge in [0.1, 0.15) is 5.82 Å². The van der Waals surface area contributed by atoms with Crippen molar-refractivity contribution in [2.75, 3.05) is 13.2 Å². The second-order valence-corrected chi connectivity index (χ2v) is 4.69. The monoisotopic (exact) mass is 251 g/mol. The first-order valence-corrected chi connectivity index (χ1v) is 6.27. The molecule has 18 heavy (non-hydrogen) atoms. The molecule has 1 N–H and O–H groups in total. The van der Waals surface area contributed by atoms with Crippen LogP contribution < -0.4 is 5.32 Å². The number of benzene rings is 1. The Kier molecular flexibility index (Phi) is 4.31. The van der Waals surface area contributed by atoms with Crippen LogP contribution in [-0.2, 0) is 16.1 Å². The van der Waals surface area contributed by atoms with Gasteiger partial charge in [-0.3, -0.25) is 4.79 Å². The SMILES string of the molecule is Cc1cc(CNC(=O)C2CCOCC2)ccc1F. The predicted octanol–water partition coefficient (Wildman–Crippen LogP) is 2.18. The molecule has 0 saturated carbocycles. The van der Waals surface area contributed by atoms with Gasteiger partial charge in [-0.1, -0.05) is 12.1 Å². The number of ether oxygens (including phenoxy) is 1. The summed E-state index contributed by atoms with van der Waals surface area (Å²) in [6.07, 6.45) is 1.57. The number of hydrogen-bond acceptors (Lipinski definition) is 2. The van der Waals surface area contributed by atoms with E-state index in [1.807, 2.05) is 0 Å². The largest absolute Gasteiger partial charge is 0.381 e. The van der Waals surface area contributed by atoms with Gasteiger partial charge in [-0.05, 0) is 37.0 Å². The van der Waals surface area contributed by atoms with Gasteiger partial charge >= 0.3 is 0 Å². The number of aryl methyl sites for hydroxylation is 1. The van der Waals surface area contributed by atoms with Crippen LogP contribution in [0.3, 0.4) is 0 Å². The molecule has 1 aromatic carbocycles. The lowest BCUT2D eigenvalue weighted by Gasteiger charge is -2.21. The molecule has 1 fully saturated rings. The standard InChI is InChI=1S/C14H18FNO2/c1-10-8-11(2-3-13(10)15)9-16-14(17)12-4-6-18-7-5-12/h2-3,8,12H,4-7,9H2,1H3,(H,16,17). The lowest BCUT2D eigenvalue weighted by Crippen LogP contribution is -2.33. The van der Waals surface area contributed by atoms with Crippen LogP contribution in [0.2, 0.25) is 0 Å². The summed E-state index contributed by atoms with van der Waals surface area (Å²) in [5, 5.41) is 2.90. The third-order valence-corrected chi connectivity index (χ3v) is 3.28. The van der Waals surface area contributed by atoms with Gasteiger partial charge in [0.05, 0.1) is 0 Å². The van der Waals surface area contributed by atoms with Gasteiger partial charge in [0.25, 0.3) is 0 Å². The molecule has 0 spiro atoms. The zero-order valence-electron chi connectivity index (χ0n) is 10.5. The van der Waals surface area contributed by atoms with E-state index in [1.54, 1.807) is 19.1 Å². The van der Waals surface area contributed by atoms with Crippen molar-refractivity contribution in [2.45, 2.75) is 26.3 Å². The molecular weight excluding hydrogens is 233 g/mol. The third kappa shape index (κ3) is 3.29. The Morgan fingerprint density at radius 1 is 1.44 bits per heavy atom. The van der Waals surface area contributed by atoms with Crippen LogP contribution in [0.25, 0.3) is 0 Å². The Labute approximate surface area is 106 Å². The Bertz CT molecular complexity index is 428. The van der Waals surface area contributed by atoms with Crippen molar-refractivity contribution in [2.24, 2.45) is 5.92 Å². The summed E-state index contributed by atoms with van der Waals surface area (Å²) < 4.78 is 18.3. The fourth-order valence-electron chi connectivity index (χ4n) is 2.11. The van der Waals surface area contributed by atoms with E-state index in [0.717, 1.165) is 18.4 Å². The number of rotatable bonds is 3. The van der Waals surface area contributed by atoms with Crippen LogP contribution in [0.15, 0.2) is 18.2 Å². The van der Waals surface area contributed by atoms with E-state index < -0.39 is 0 Å². The molecule has 0 atom stereocenters. The van der Waals surface area contributed by atoms with Crippen molar-refractivity contribution in [3.8, 4) is 0 Å². The van der Waals surface area contributed by atoms with E-state index in [4.69, 9.17) is 4.74 Å². The highest BCUT2D eigenvalue weighted by molar-refractivity contribution is 5.78. The van der Waals surface area contributed by atoms with Gasteiger partial charge in [0.15, 0.2) is 0 Å². The van der Waals surface area contributed by atoms with Gasteiger partial charge < -0.3 is 10.1 Å². The molecule has 1 aromatic rings. The molecule has 1 saturated heterocycles. The molecule has 1 aliphatic heterocycles. The Hall–Kier alpha value is -1.42. The third-order valence-electron chi connectivity index (χ3n) is 3.28. The number of carbonyl (C=O) groups is 1. The predicted molar refractivity (Wildman–Crippen MR) is 66.5 cm³/mol. The summed E-state index contributed by atoms with van der Waals surface area (Å²) in [5.41, 5.74) is 1.53. The van der Waals surface area contributed by atoms with Crippen molar-refractivity contribution >= 4 is 5.91 Å². The molecule has 2 rings (SSSR count). The molecule has 0 aromatic heterocycles. The highest BCUT2D eigenvalue weighted by Gasteiger charge is 2.20. The number of halogens is 1. The molecular formula is C14H18FNO2. The molecule has 4 heteroatoms. The van der Waals surface area contributed by atoms with E-state index in [1.165, 1.54) is 6.07 Å². The van der Waals surface area contributed by atoms with Gasteiger partial charge in [-0.25, -0.2) is 4.39 Å². The fourth-order valence-corrected chi connectivity index (χ4v) is 2.11. The second kappa shape index (κ2) is 5.96. The summed E-state index contributed by atoms with van der Waals surface area (Å²) in [6, 6.07) is 4.90. The maximum atomic E-state index is 13.1. The molecule has 0 bridgehead atoms. The molecule has 98 valence electrons. The summed E-state index contributed by atoms with van der Waals surface area (Å²) in [4.78, 5) is 11.9. The van der Waals surface area contributed by atoms with E-state index in [2.05, 4.69) is 5.32 Å². The minimum Gasteiger partial charge on any atom is -0.381 e. The zero-order valence-corrected chi connectivity index (χ0v) is 10.5. The van der Waals surface area contributed by atoms with Crippen LogP contribution in [0.4, 0.5) is 4.39 Å².